The molecule has 7 heteroatoms. The van der Waals surface area contributed by atoms with Gasteiger partial charge in [-0.25, -0.2) is 4.98 Å². The molecule has 0 saturated carbocycles. The third-order valence-corrected chi connectivity index (χ3v) is 4.88. The average Bonchev–Trinajstić information content (AvgIpc) is 3.34. The number of thiazole rings is 1. The molecule has 0 aliphatic heterocycles. The van der Waals surface area contributed by atoms with E-state index in [4.69, 9.17) is 9.47 Å². The molecule has 0 radical (unpaired) electrons. The summed E-state index contributed by atoms with van der Waals surface area (Å²) in [4.78, 5) is 20.0. The predicted molar refractivity (Wildman–Crippen MR) is 111 cm³/mol. The molecule has 4 aromatic rings. The van der Waals surface area contributed by atoms with Crippen LogP contribution in [0.15, 0.2) is 60.1 Å². The lowest BCUT2D eigenvalue weighted by Gasteiger charge is -2.10. The molecule has 2 N–H and O–H groups in total. The number of amides is 1. The fourth-order valence-corrected chi connectivity index (χ4v) is 3.61. The summed E-state index contributed by atoms with van der Waals surface area (Å²) < 4.78 is 11.1. The number of carbonyl (C=O) groups excluding carboxylic acids is 1. The molecule has 0 aliphatic rings. The number of carbonyl (C=O) groups is 1. The highest BCUT2D eigenvalue weighted by atomic mass is 32.1. The molecule has 0 aliphatic carbocycles. The summed E-state index contributed by atoms with van der Waals surface area (Å²) in [6.07, 6.45) is 1.93. The van der Waals surface area contributed by atoms with Crippen LogP contribution in [0.25, 0.3) is 22.2 Å². The zero-order valence-electron chi connectivity index (χ0n) is 15.3. The zero-order valence-corrected chi connectivity index (χ0v) is 16.1. The van der Waals surface area contributed by atoms with Crippen LogP contribution in [-0.4, -0.2) is 29.1 Å². The molecule has 2 heterocycles. The number of fused-ring (bicyclic) bond motifs is 1. The molecule has 6 nitrogen and oxygen atoms in total. The fourth-order valence-electron chi connectivity index (χ4n) is 2.88. The number of rotatable bonds is 7. The summed E-state index contributed by atoms with van der Waals surface area (Å²) in [6, 6.07) is 15.3. The minimum absolute atomic E-state index is 0.119. The van der Waals surface area contributed by atoms with Gasteiger partial charge in [-0.3, -0.25) is 10.1 Å². The van der Waals surface area contributed by atoms with Crippen molar-refractivity contribution in [1.29, 1.82) is 0 Å². The smallest absolute Gasteiger partial charge is 0.264 e. The maximum Gasteiger partial charge on any atom is 0.264 e. The Morgan fingerprint density at radius 3 is 2.68 bits per heavy atom. The van der Waals surface area contributed by atoms with E-state index in [0.29, 0.717) is 23.2 Å². The third-order valence-electron chi connectivity index (χ3n) is 4.12. The van der Waals surface area contributed by atoms with Gasteiger partial charge in [0.2, 0.25) is 0 Å². The van der Waals surface area contributed by atoms with Gasteiger partial charge in [-0.1, -0.05) is 30.3 Å². The maximum atomic E-state index is 12.2. The summed E-state index contributed by atoms with van der Waals surface area (Å²) >= 11 is 1.38. The largest absolute Gasteiger partial charge is 0.490 e. The average molecular weight is 393 g/mol. The Bertz CT molecular complexity index is 1100. The van der Waals surface area contributed by atoms with Crippen LogP contribution >= 0.6 is 11.3 Å². The summed E-state index contributed by atoms with van der Waals surface area (Å²) in [7, 11) is 0. The Morgan fingerprint density at radius 1 is 1.11 bits per heavy atom. The molecule has 1 amide bonds. The number of para-hydroxylation sites is 3. The quantitative estimate of drug-likeness (QED) is 0.477. The van der Waals surface area contributed by atoms with E-state index in [-0.39, 0.29) is 12.5 Å². The highest BCUT2D eigenvalue weighted by Crippen LogP contribution is 2.31. The molecule has 0 unspecified atom stereocenters. The van der Waals surface area contributed by atoms with Gasteiger partial charge in [-0.05, 0) is 25.1 Å². The molecule has 0 fully saturated rings. The predicted octanol–water partition coefficient (Wildman–Crippen LogP) is 4.71. The third kappa shape index (κ3) is 3.84. The van der Waals surface area contributed by atoms with Gasteiger partial charge in [-0.15, -0.1) is 11.3 Å². The molecule has 0 spiro atoms. The minimum Gasteiger partial charge on any atom is -0.490 e. The van der Waals surface area contributed by atoms with E-state index < -0.39 is 0 Å². The number of aromatic nitrogens is 2. The molecule has 0 atom stereocenters. The van der Waals surface area contributed by atoms with Crippen molar-refractivity contribution >= 4 is 33.3 Å². The summed E-state index contributed by atoms with van der Waals surface area (Å²) in [5, 5.41) is 6.35. The first kappa shape index (κ1) is 18.1. The highest BCUT2D eigenvalue weighted by Gasteiger charge is 2.12. The number of nitrogens with zero attached hydrogens (tertiary/aromatic N) is 1. The molecule has 0 saturated heterocycles. The number of nitrogens with one attached hydrogen (secondary N) is 2. The molecule has 0 bridgehead atoms. The second kappa shape index (κ2) is 8.14. The van der Waals surface area contributed by atoms with Crippen LogP contribution in [0.5, 0.6) is 11.5 Å². The number of benzene rings is 2. The van der Waals surface area contributed by atoms with Crippen LogP contribution in [-0.2, 0) is 4.79 Å². The molecule has 2 aromatic heterocycles. The first-order valence-electron chi connectivity index (χ1n) is 8.91. The van der Waals surface area contributed by atoms with E-state index in [1.165, 1.54) is 11.3 Å². The Morgan fingerprint density at radius 2 is 1.86 bits per heavy atom. The van der Waals surface area contributed by atoms with Crippen molar-refractivity contribution in [2.75, 3.05) is 18.5 Å². The Hall–Kier alpha value is -3.32. The zero-order chi connectivity index (χ0) is 19.3. The Labute approximate surface area is 166 Å². The molecular weight excluding hydrogens is 374 g/mol. The van der Waals surface area contributed by atoms with Gasteiger partial charge in [0.05, 0.1) is 12.3 Å². The first-order valence-corrected chi connectivity index (χ1v) is 9.79. The van der Waals surface area contributed by atoms with Crippen LogP contribution < -0.4 is 14.8 Å². The fraction of sp³-hybridized carbons (Fsp3) is 0.143. The van der Waals surface area contributed by atoms with Crippen molar-refractivity contribution in [1.82, 2.24) is 9.97 Å². The normalized spacial score (nSPS) is 10.8. The van der Waals surface area contributed by atoms with E-state index >= 15 is 0 Å². The Balaban J connectivity index is 1.41. The van der Waals surface area contributed by atoms with Gasteiger partial charge in [-0.2, -0.15) is 0 Å². The summed E-state index contributed by atoms with van der Waals surface area (Å²) in [6.45, 7) is 2.31. The van der Waals surface area contributed by atoms with Crippen molar-refractivity contribution in [2.45, 2.75) is 6.92 Å². The lowest BCUT2D eigenvalue weighted by Crippen LogP contribution is -2.20. The second-order valence-electron chi connectivity index (χ2n) is 6.00. The van der Waals surface area contributed by atoms with Gasteiger partial charge in [0.1, 0.15) is 0 Å². The monoisotopic (exact) mass is 393 g/mol. The molecule has 2 aromatic carbocycles. The lowest BCUT2D eigenvalue weighted by molar-refractivity contribution is -0.118. The number of H-pyrrole nitrogens is 1. The van der Waals surface area contributed by atoms with Gasteiger partial charge in [0, 0.05) is 28.0 Å². The van der Waals surface area contributed by atoms with Crippen LogP contribution in [0.3, 0.4) is 0 Å². The number of hydrogen-bond acceptors (Lipinski definition) is 5. The van der Waals surface area contributed by atoms with E-state index in [0.717, 1.165) is 22.2 Å². The lowest BCUT2D eigenvalue weighted by atomic mass is 10.1. The second-order valence-corrected chi connectivity index (χ2v) is 6.86. The van der Waals surface area contributed by atoms with Crippen molar-refractivity contribution in [3.63, 3.8) is 0 Å². The number of aromatic amines is 1. The van der Waals surface area contributed by atoms with Gasteiger partial charge < -0.3 is 14.5 Å². The van der Waals surface area contributed by atoms with Crippen molar-refractivity contribution < 1.29 is 14.3 Å². The van der Waals surface area contributed by atoms with Crippen molar-refractivity contribution in [3.05, 3.63) is 60.1 Å². The molecule has 142 valence electrons. The summed E-state index contributed by atoms with van der Waals surface area (Å²) in [5.74, 6) is 0.887. The van der Waals surface area contributed by atoms with Gasteiger partial charge in [0.15, 0.2) is 23.2 Å². The molecular formula is C21H19N3O3S. The van der Waals surface area contributed by atoms with Crippen LogP contribution in [0.4, 0.5) is 5.13 Å². The number of ether oxygens (including phenoxy) is 2. The number of hydrogen-bond donors (Lipinski definition) is 2. The Kier molecular flexibility index (Phi) is 5.25. The number of anilines is 1. The minimum atomic E-state index is -0.272. The van der Waals surface area contributed by atoms with Gasteiger partial charge in [0.25, 0.3) is 5.91 Å². The highest BCUT2D eigenvalue weighted by molar-refractivity contribution is 7.14. The first-order chi connectivity index (χ1) is 13.7. The SMILES string of the molecule is CCOc1ccccc1OCC(=O)Nc1nc(-c2c[nH]c3ccccc23)cs1. The standard InChI is InChI=1S/C21H19N3O3S/c1-2-26-18-9-5-6-10-19(18)27-12-20(25)24-21-23-17(13-28-21)15-11-22-16-8-4-3-7-14(15)16/h3-11,13,22H,2,12H2,1H3,(H,23,24,25). The topological polar surface area (TPSA) is 76.2 Å². The van der Waals surface area contributed by atoms with Crippen LogP contribution in [0.2, 0.25) is 0 Å². The van der Waals surface area contributed by atoms with E-state index in [9.17, 15) is 4.79 Å². The molecule has 4 rings (SSSR count). The van der Waals surface area contributed by atoms with Gasteiger partial charge >= 0.3 is 0 Å². The van der Waals surface area contributed by atoms with E-state index in [1.807, 2.05) is 61.0 Å². The summed E-state index contributed by atoms with van der Waals surface area (Å²) in [5.41, 5.74) is 2.88. The van der Waals surface area contributed by atoms with Crippen molar-refractivity contribution in [2.24, 2.45) is 0 Å². The maximum absolute atomic E-state index is 12.2. The molecule has 28 heavy (non-hydrogen) atoms. The van der Waals surface area contributed by atoms with E-state index in [2.05, 4.69) is 15.3 Å². The van der Waals surface area contributed by atoms with Crippen LogP contribution in [0, 0.1) is 0 Å². The van der Waals surface area contributed by atoms with Crippen molar-refractivity contribution in [3.8, 4) is 22.8 Å². The van der Waals surface area contributed by atoms with Crippen LogP contribution in [0.1, 0.15) is 6.92 Å². The van der Waals surface area contributed by atoms with E-state index in [1.54, 1.807) is 6.07 Å².